The molecule has 1 aromatic heterocycles. The summed E-state index contributed by atoms with van der Waals surface area (Å²) in [5.41, 5.74) is 5.88. The van der Waals surface area contributed by atoms with Crippen molar-refractivity contribution in [1.29, 1.82) is 0 Å². The van der Waals surface area contributed by atoms with Gasteiger partial charge in [-0.2, -0.15) is 0 Å². The van der Waals surface area contributed by atoms with E-state index >= 15 is 0 Å². The molecule has 38 heavy (non-hydrogen) atoms. The first kappa shape index (κ1) is 27.3. The Balaban J connectivity index is 1.38. The number of rotatable bonds is 8. The van der Waals surface area contributed by atoms with Crippen molar-refractivity contribution < 1.29 is 18.8 Å². The van der Waals surface area contributed by atoms with E-state index in [1.165, 1.54) is 28.7 Å². The molecule has 2 heterocycles. The van der Waals surface area contributed by atoms with Gasteiger partial charge in [-0.05, 0) is 88.5 Å². The molecule has 0 fully saturated rings. The maximum Gasteiger partial charge on any atom is 0.256 e. The number of halogens is 1. The normalized spacial score (nSPS) is 18.4. The van der Waals surface area contributed by atoms with Gasteiger partial charge in [-0.25, -0.2) is 4.39 Å². The number of anilines is 1. The van der Waals surface area contributed by atoms with Crippen LogP contribution < -0.4 is 10.6 Å². The van der Waals surface area contributed by atoms with Crippen LogP contribution in [0, 0.1) is 18.7 Å². The molecular formula is C29H36FN5O3. The largest absolute Gasteiger partial charge is 0.358 e. The molecule has 4 rings (SSSR count). The fourth-order valence-electron chi connectivity index (χ4n) is 4.98. The van der Waals surface area contributed by atoms with E-state index in [1.54, 1.807) is 32.2 Å². The van der Waals surface area contributed by atoms with E-state index in [4.69, 9.17) is 0 Å². The van der Waals surface area contributed by atoms with Crippen molar-refractivity contribution in [2.24, 2.45) is 5.92 Å². The van der Waals surface area contributed by atoms with Crippen LogP contribution in [0.2, 0.25) is 0 Å². The summed E-state index contributed by atoms with van der Waals surface area (Å²) in [6.07, 6.45) is 7.63. The molecule has 2 unspecified atom stereocenters. The third kappa shape index (κ3) is 5.88. The lowest BCUT2D eigenvalue weighted by Gasteiger charge is -2.26. The SMILES string of the molecule is Cc1c(/C=C2\C(=O)Nc3ccc(F)cc32)[nH]c2c1CCC(CNC(=O)C(C)N(C)C(=O)/C=C/CN(C)C)C2. The molecule has 0 radical (unpaired) electrons. The summed E-state index contributed by atoms with van der Waals surface area (Å²) in [6, 6.07) is 3.70. The van der Waals surface area contributed by atoms with Crippen molar-refractivity contribution in [2.75, 3.05) is 39.5 Å². The fraction of sp³-hybridized carbons (Fsp3) is 0.414. The van der Waals surface area contributed by atoms with E-state index < -0.39 is 6.04 Å². The second kappa shape index (κ2) is 11.3. The number of aromatic nitrogens is 1. The molecule has 9 heteroatoms. The first-order valence-corrected chi connectivity index (χ1v) is 12.9. The molecule has 2 aromatic rings. The Hall–Kier alpha value is -3.72. The van der Waals surface area contributed by atoms with E-state index in [0.29, 0.717) is 29.9 Å². The second-order valence-electron chi connectivity index (χ2n) is 10.5. The number of carbonyl (C=O) groups excluding carboxylic acids is 3. The number of nitrogens with one attached hydrogen (secondary N) is 3. The summed E-state index contributed by atoms with van der Waals surface area (Å²) < 4.78 is 13.8. The van der Waals surface area contributed by atoms with Crippen LogP contribution in [0.3, 0.4) is 0 Å². The van der Waals surface area contributed by atoms with Gasteiger partial charge in [0.2, 0.25) is 11.8 Å². The lowest BCUT2D eigenvalue weighted by atomic mass is 9.86. The number of fused-ring (bicyclic) bond motifs is 2. The van der Waals surface area contributed by atoms with Crippen molar-refractivity contribution in [3.8, 4) is 0 Å². The van der Waals surface area contributed by atoms with Gasteiger partial charge in [-0.15, -0.1) is 0 Å². The highest BCUT2D eigenvalue weighted by atomic mass is 19.1. The predicted molar refractivity (Wildman–Crippen MR) is 147 cm³/mol. The molecule has 1 aromatic carbocycles. The van der Waals surface area contributed by atoms with Gasteiger partial charge in [0, 0.05) is 48.9 Å². The van der Waals surface area contributed by atoms with Crippen molar-refractivity contribution in [3.05, 3.63) is 64.2 Å². The zero-order valence-corrected chi connectivity index (χ0v) is 22.7. The van der Waals surface area contributed by atoms with E-state index in [0.717, 1.165) is 36.2 Å². The van der Waals surface area contributed by atoms with E-state index in [9.17, 15) is 18.8 Å². The minimum atomic E-state index is -0.582. The van der Waals surface area contributed by atoms with Gasteiger partial charge < -0.3 is 25.4 Å². The van der Waals surface area contributed by atoms with Crippen molar-refractivity contribution in [1.82, 2.24) is 20.1 Å². The number of hydrogen-bond donors (Lipinski definition) is 3. The number of aromatic amines is 1. The zero-order chi connectivity index (χ0) is 27.6. The topological polar surface area (TPSA) is 97.5 Å². The number of hydrogen-bond acceptors (Lipinski definition) is 4. The van der Waals surface area contributed by atoms with Crippen molar-refractivity contribution >= 4 is 35.1 Å². The summed E-state index contributed by atoms with van der Waals surface area (Å²) >= 11 is 0. The Kier molecular flexibility index (Phi) is 8.16. The molecule has 202 valence electrons. The smallest absolute Gasteiger partial charge is 0.256 e. The van der Waals surface area contributed by atoms with Crippen LogP contribution in [-0.4, -0.2) is 72.8 Å². The first-order valence-electron chi connectivity index (χ1n) is 12.9. The third-order valence-corrected chi connectivity index (χ3v) is 7.46. The Labute approximate surface area is 223 Å². The highest BCUT2D eigenvalue weighted by Gasteiger charge is 2.28. The van der Waals surface area contributed by atoms with Crippen LogP contribution in [0.25, 0.3) is 11.6 Å². The molecule has 0 saturated carbocycles. The maximum atomic E-state index is 13.8. The van der Waals surface area contributed by atoms with Gasteiger partial charge in [0.15, 0.2) is 0 Å². The maximum absolute atomic E-state index is 13.8. The molecule has 0 saturated heterocycles. The monoisotopic (exact) mass is 521 g/mol. The molecule has 1 aliphatic carbocycles. The number of benzene rings is 1. The quantitative estimate of drug-likeness (QED) is 0.465. The van der Waals surface area contributed by atoms with Gasteiger partial charge in [0.1, 0.15) is 11.9 Å². The average molecular weight is 522 g/mol. The fourth-order valence-corrected chi connectivity index (χ4v) is 4.98. The van der Waals surface area contributed by atoms with Gasteiger partial charge in [0.25, 0.3) is 5.91 Å². The number of nitrogens with zero attached hydrogens (tertiary/aromatic N) is 2. The van der Waals surface area contributed by atoms with Crippen molar-refractivity contribution in [3.63, 3.8) is 0 Å². The van der Waals surface area contributed by atoms with Gasteiger partial charge in [-0.1, -0.05) is 6.08 Å². The Morgan fingerprint density at radius 2 is 2.03 bits per heavy atom. The standard InChI is InChI=1S/C29H36FN5O3/c1-17-21-10-8-19(16-31-28(37)18(2)35(5)27(36)7-6-12-34(3)4)13-26(21)32-25(17)15-23-22-14-20(30)9-11-24(22)33-29(23)38/h6-7,9,11,14-15,18-19,32H,8,10,12-13,16H2,1-5H3,(H,31,37)(H,33,38)/b7-6+,23-15-. The Morgan fingerprint density at radius 3 is 2.76 bits per heavy atom. The lowest BCUT2D eigenvalue weighted by molar-refractivity contribution is -0.135. The number of amides is 3. The van der Waals surface area contributed by atoms with Gasteiger partial charge in [0.05, 0.1) is 5.57 Å². The van der Waals surface area contributed by atoms with Crippen LogP contribution in [0.5, 0.6) is 0 Å². The van der Waals surface area contributed by atoms with Crippen LogP contribution in [0.1, 0.15) is 41.4 Å². The van der Waals surface area contributed by atoms with Crippen LogP contribution in [-0.2, 0) is 27.2 Å². The summed E-state index contributed by atoms with van der Waals surface area (Å²) in [6.45, 7) is 4.93. The average Bonchev–Trinajstić information content (AvgIpc) is 3.36. The van der Waals surface area contributed by atoms with Crippen molar-refractivity contribution in [2.45, 2.75) is 39.2 Å². The zero-order valence-electron chi connectivity index (χ0n) is 22.7. The number of carbonyl (C=O) groups is 3. The molecule has 2 atom stereocenters. The molecular weight excluding hydrogens is 485 g/mol. The molecule has 8 nitrogen and oxygen atoms in total. The highest BCUT2D eigenvalue weighted by Crippen LogP contribution is 2.36. The Bertz CT molecular complexity index is 1310. The predicted octanol–water partition coefficient (Wildman–Crippen LogP) is 3.14. The summed E-state index contributed by atoms with van der Waals surface area (Å²) in [5, 5.41) is 5.81. The molecule has 2 aliphatic rings. The van der Waals surface area contributed by atoms with Crippen LogP contribution in [0.15, 0.2) is 30.4 Å². The van der Waals surface area contributed by atoms with Gasteiger partial charge in [-0.3, -0.25) is 14.4 Å². The minimum absolute atomic E-state index is 0.182. The molecule has 3 N–H and O–H groups in total. The molecule has 0 bridgehead atoms. The molecule has 1 aliphatic heterocycles. The number of H-pyrrole nitrogens is 1. The van der Waals surface area contributed by atoms with Crippen LogP contribution in [0.4, 0.5) is 10.1 Å². The highest BCUT2D eigenvalue weighted by molar-refractivity contribution is 6.34. The van der Waals surface area contributed by atoms with E-state index in [2.05, 4.69) is 15.6 Å². The third-order valence-electron chi connectivity index (χ3n) is 7.46. The minimum Gasteiger partial charge on any atom is -0.358 e. The summed E-state index contributed by atoms with van der Waals surface area (Å²) in [5.74, 6) is -0.767. The van der Waals surface area contributed by atoms with Gasteiger partial charge >= 0.3 is 0 Å². The first-order chi connectivity index (χ1) is 18.0. The van der Waals surface area contributed by atoms with Crippen LogP contribution >= 0.6 is 0 Å². The van der Waals surface area contributed by atoms with E-state index in [1.807, 2.05) is 25.9 Å². The number of likely N-dealkylation sites (N-methyl/N-ethyl adjacent to an activating group) is 2. The second-order valence-corrected chi connectivity index (χ2v) is 10.5. The molecule has 0 spiro atoms. The summed E-state index contributed by atoms with van der Waals surface area (Å²) in [7, 11) is 5.48. The Morgan fingerprint density at radius 1 is 1.26 bits per heavy atom. The van der Waals surface area contributed by atoms with E-state index in [-0.39, 0.29) is 29.5 Å². The summed E-state index contributed by atoms with van der Waals surface area (Å²) in [4.78, 5) is 44.5. The lowest BCUT2D eigenvalue weighted by Crippen LogP contribution is -2.46. The molecule has 3 amide bonds.